The first-order valence-electron chi connectivity index (χ1n) is 11.6. The minimum Gasteiger partial charge on any atom is -0.356 e. The molecule has 4 rings (SSSR count). The van der Waals surface area contributed by atoms with Gasteiger partial charge >= 0.3 is 0 Å². The van der Waals surface area contributed by atoms with Gasteiger partial charge in [0.1, 0.15) is 18.0 Å². The molecule has 0 unspecified atom stereocenters. The van der Waals surface area contributed by atoms with Gasteiger partial charge in [-0.15, -0.1) is 0 Å². The fourth-order valence-electron chi connectivity index (χ4n) is 4.72. The van der Waals surface area contributed by atoms with Crippen LogP contribution < -0.4 is 16.0 Å². The van der Waals surface area contributed by atoms with E-state index in [1.807, 2.05) is 18.2 Å². The van der Waals surface area contributed by atoms with E-state index in [2.05, 4.69) is 25.9 Å². The van der Waals surface area contributed by atoms with E-state index in [0.717, 1.165) is 25.7 Å². The number of hydrogen-bond donors (Lipinski definition) is 3. The SMILES string of the molecule is O=C[C@H](C[C@@H]1CCNC1=O)NC(=O)[C@H](CC1CCCC1)NC(=O)c1cnc2ccccc2n1. The van der Waals surface area contributed by atoms with Crippen LogP contribution in [0.5, 0.6) is 0 Å². The molecule has 9 heteroatoms. The largest absolute Gasteiger partial charge is 0.356 e. The van der Waals surface area contributed by atoms with Gasteiger partial charge in [0.15, 0.2) is 0 Å². The highest BCUT2D eigenvalue weighted by Crippen LogP contribution is 2.29. The molecular weight excluding hydrogens is 422 g/mol. The molecule has 174 valence electrons. The van der Waals surface area contributed by atoms with E-state index < -0.39 is 23.9 Å². The summed E-state index contributed by atoms with van der Waals surface area (Å²) in [6, 6.07) is 5.67. The van der Waals surface area contributed by atoms with Gasteiger partial charge in [0.2, 0.25) is 11.8 Å². The van der Waals surface area contributed by atoms with Gasteiger partial charge in [-0.3, -0.25) is 19.4 Å². The lowest BCUT2D eigenvalue weighted by molar-refractivity contribution is -0.127. The summed E-state index contributed by atoms with van der Waals surface area (Å²) in [5.74, 6) is -0.958. The maximum atomic E-state index is 13.1. The fourth-order valence-corrected chi connectivity index (χ4v) is 4.72. The zero-order valence-corrected chi connectivity index (χ0v) is 18.5. The van der Waals surface area contributed by atoms with Gasteiger partial charge in [-0.2, -0.15) is 0 Å². The normalized spacial score (nSPS) is 20.2. The second kappa shape index (κ2) is 10.5. The molecule has 9 nitrogen and oxygen atoms in total. The predicted molar refractivity (Wildman–Crippen MR) is 121 cm³/mol. The number of hydrogen-bond acceptors (Lipinski definition) is 6. The van der Waals surface area contributed by atoms with Crippen LogP contribution in [0.3, 0.4) is 0 Å². The number of benzene rings is 1. The first-order valence-corrected chi connectivity index (χ1v) is 11.6. The maximum Gasteiger partial charge on any atom is 0.272 e. The number of amides is 3. The molecule has 0 bridgehead atoms. The lowest BCUT2D eigenvalue weighted by Gasteiger charge is -2.24. The standard InChI is InChI=1S/C24H29N5O4/c30-14-17(12-16-9-10-25-22(16)31)27-23(32)20(11-15-5-1-2-6-15)29-24(33)21-13-26-18-7-3-4-8-19(18)28-21/h3-4,7-8,13-17,20H,1-2,5-6,9-12H2,(H,25,31)(H,27,32)(H,29,33)/t16-,17-,20-/m0/s1. The van der Waals surface area contributed by atoms with E-state index in [-0.39, 0.29) is 23.9 Å². The van der Waals surface area contributed by atoms with Gasteiger partial charge in [0, 0.05) is 12.5 Å². The minimum absolute atomic E-state index is 0.0956. The highest BCUT2D eigenvalue weighted by molar-refractivity contribution is 5.97. The van der Waals surface area contributed by atoms with E-state index in [1.54, 1.807) is 6.07 Å². The number of carbonyl (C=O) groups is 4. The Morgan fingerprint density at radius 2 is 1.85 bits per heavy atom. The van der Waals surface area contributed by atoms with Gasteiger partial charge < -0.3 is 20.7 Å². The number of aldehydes is 1. The molecule has 1 aromatic carbocycles. The van der Waals surface area contributed by atoms with Crippen molar-refractivity contribution in [3.05, 3.63) is 36.2 Å². The lowest BCUT2D eigenvalue weighted by Crippen LogP contribution is -2.51. The Balaban J connectivity index is 1.45. The minimum atomic E-state index is -0.797. The van der Waals surface area contributed by atoms with Crippen molar-refractivity contribution in [2.45, 2.75) is 57.0 Å². The predicted octanol–water partition coefficient (Wildman–Crippen LogP) is 1.52. The summed E-state index contributed by atoms with van der Waals surface area (Å²) in [6.07, 6.45) is 7.68. The number of nitrogens with zero attached hydrogens (tertiary/aromatic N) is 2. The van der Waals surface area contributed by atoms with Crippen LogP contribution in [0.15, 0.2) is 30.5 Å². The van der Waals surface area contributed by atoms with Gasteiger partial charge in [-0.05, 0) is 37.3 Å². The summed E-state index contributed by atoms with van der Waals surface area (Å²) < 4.78 is 0. The molecule has 1 aromatic heterocycles. The van der Waals surface area contributed by atoms with Crippen molar-refractivity contribution in [1.82, 2.24) is 25.9 Å². The number of nitrogens with one attached hydrogen (secondary N) is 3. The third-order valence-corrected chi connectivity index (χ3v) is 6.54. The molecule has 33 heavy (non-hydrogen) atoms. The topological polar surface area (TPSA) is 130 Å². The maximum absolute atomic E-state index is 13.1. The summed E-state index contributed by atoms with van der Waals surface area (Å²) in [6.45, 7) is 0.580. The Labute approximate surface area is 192 Å². The van der Waals surface area contributed by atoms with Crippen LogP contribution in [0.4, 0.5) is 0 Å². The van der Waals surface area contributed by atoms with Crippen molar-refractivity contribution in [2.24, 2.45) is 11.8 Å². The Hall–Kier alpha value is -3.36. The summed E-state index contributed by atoms with van der Waals surface area (Å²) in [7, 11) is 0. The van der Waals surface area contributed by atoms with Crippen molar-refractivity contribution in [1.29, 1.82) is 0 Å². The number of fused-ring (bicyclic) bond motifs is 1. The van der Waals surface area contributed by atoms with Crippen LogP contribution in [0.1, 0.15) is 55.4 Å². The third-order valence-electron chi connectivity index (χ3n) is 6.54. The second-order valence-electron chi connectivity index (χ2n) is 8.92. The highest BCUT2D eigenvalue weighted by atomic mass is 16.2. The number of para-hydroxylation sites is 2. The molecule has 2 heterocycles. The Bertz CT molecular complexity index is 1040. The Kier molecular flexibility index (Phi) is 7.26. The second-order valence-corrected chi connectivity index (χ2v) is 8.92. The molecule has 1 aliphatic carbocycles. The zero-order valence-electron chi connectivity index (χ0n) is 18.5. The number of carbonyl (C=O) groups excluding carboxylic acids is 4. The Morgan fingerprint density at radius 1 is 1.09 bits per heavy atom. The molecule has 2 aliphatic rings. The van der Waals surface area contributed by atoms with Gasteiger partial charge in [0.05, 0.1) is 23.3 Å². The van der Waals surface area contributed by atoms with Gasteiger partial charge in [-0.1, -0.05) is 37.8 Å². The van der Waals surface area contributed by atoms with Crippen molar-refractivity contribution in [3.8, 4) is 0 Å². The molecule has 1 saturated carbocycles. The lowest BCUT2D eigenvalue weighted by atomic mass is 9.96. The van der Waals surface area contributed by atoms with Gasteiger partial charge in [-0.25, -0.2) is 4.98 Å². The fraction of sp³-hybridized carbons (Fsp3) is 0.500. The molecule has 1 saturated heterocycles. The summed E-state index contributed by atoms with van der Waals surface area (Å²) in [4.78, 5) is 58.2. The molecule has 3 amide bonds. The van der Waals surface area contributed by atoms with Crippen LogP contribution in [-0.2, 0) is 14.4 Å². The highest BCUT2D eigenvalue weighted by Gasteiger charge is 2.31. The van der Waals surface area contributed by atoms with Gasteiger partial charge in [0.25, 0.3) is 5.91 Å². The quantitative estimate of drug-likeness (QED) is 0.496. The van der Waals surface area contributed by atoms with Crippen LogP contribution in [0, 0.1) is 11.8 Å². The molecule has 3 atom stereocenters. The molecule has 2 aromatic rings. The van der Waals surface area contributed by atoms with E-state index in [4.69, 9.17) is 0 Å². The van der Waals surface area contributed by atoms with Crippen LogP contribution in [0.2, 0.25) is 0 Å². The number of aromatic nitrogens is 2. The Morgan fingerprint density at radius 3 is 2.55 bits per heavy atom. The van der Waals surface area contributed by atoms with Crippen molar-refractivity contribution >= 4 is 35.0 Å². The summed E-state index contributed by atoms with van der Waals surface area (Å²) in [5.41, 5.74) is 1.41. The monoisotopic (exact) mass is 451 g/mol. The van der Waals surface area contributed by atoms with Crippen LogP contribution in [-0.4, -0.2) is 52.6 Å². The van der Waals surface area contributed by atoms with Crippen LogP contribution >= 0.6 is 0 Å². The molecule has 1 aliphatic heterocycles. The average Bonchev–Trinajstić information content (AvgIpc) is 3.49. The molecule has 0 spiro atoms. The first kappa shape index (κ1) is 22.8. The summed E-state index contributed by atoms with van der Waals surface area (Å²) in [5, 5.41) is 8.29. The zero-order chi connectivity index (χ0) is 23.2. The summed E-state index contributed by atoms with van der Waals surface area (Å²) >= 11 is 0. The van der Waals surface area contributed by atoms with E-state index in [0.29, 0.717) is 42.6 Å². The van der Waals surface area contributed by atoms with E-state index in [9.17, 15) is 19.2 Å². The van der Waals surface area contributed by atoms with E-state index in [1.165, 1.54) is 6.20 Å². The molecule has 3 N–H and O–H groups in total. The smallest absolute Gasteiger partial charge is 0.272 e. The average molecular weight is 452 g/mol. The molecular formula is C24H29N5O4. The van der Waals surface area contributed by atoms with Crippen molar-refractivity contribution in [3.63, 3.8) is 0 Å². The number of rotatable bonds is 9. The molecule has 2 fully saturated rings. The van der Waals surface area contributed by atoms with Crippen LogP contribution in [0.25, 0.3) is 11.0 Å². The van der Waals surface area contributed by atoms with E-state index >= 15 is 0 Å². The third kappa shape index (κ3) is 5.71. The molecule has 0 radical (unpaired) electrons. The van der Waals surface area contributed by atoms with Crippen molar-refractivity contribution in [2.75, 3.05) is 6.54 Å². The van der Waals surface area contributed by atoms with Crippen molar-refractivity contribution < 1.29 is 19.2 Å². The first-order chi connectivity index (χ1) is 16.0.